The number of pyridine rings is 2. The van der Waals surface area contributed by atoms with Gasteiger partial charge >= 0.3 is 5.97 Å². The average molecular weight is 357 g/mol. The number of carbonyl (C=O) groups excluding carboxylic acids is 2. The lowest BCUT2D eigenvalue weighted by atomic mass is 10.2. The highest BCUT2D eigenvalue weighted by Crippen LogP contribution is 2.14. The smallest absolute Gasteiger partial charge is 0.344 e. The Morgan fingerprint density at radius 2 is 1.96 bits per heavy atom. The van der Waals surface area contributed by atoms with Crippen LogP contribution in [0.5, 0.6) is 0 Å². The maximum absolute atomic E-state index is 12.7. The number of esters is 1. The summed E-state index contributed by atoms with van der Waals surface area (Å²) in [6.45, 7) is 7.22. The van der Waals surface area contributed by atoms with Crippen LogP contribution in [0.15, 0.2) is 23.1 Å². The normalized spacial score (nSPS) is 15.3. The molecule has 0 bridgehead atoms. The molecule has 1 fully saturated rings. The Kier molecular flexibility index (Phi) is 5.06. The standard InChI is InChI=1S/C19H23N3O4/c1-4-21-11-15(16(23)14-8-7-12(2)20-17(14)21)19(25)26-13(3)18(24)22-9-5-6-10-22/h7-8,11,13H,4-6,9-10H2,1-3H3/t13-/m0/s1. The zero-order valence-corrected chi connectivity index (χ0v) is 15.3. The summed E-state index contributed by atoms with van der Waals surface area (Å²) in [5, 5.41) is 0.366. The maximum atomic E-state index is 12.7. The molecule has 3 rings (SSSR count). The summed E-state index contributed by atoms with van der Waals surface area (Å²) >= 11 is 0. The summed E-state index contributed by atoms with van der Waals surface area (Å²) in [5.74, 6) is -0.996. The van der Waals surface area contributed by atoms with Crippen molar-refractivity contribution < 1.29 is 14.3 Å². The minimum Gasteiger partial charge on any atom is -0.449 e. The molecule has 26 heavy (non-hydrogen) atoms. The molecule has 1 atom stereocenters. The van der Waals surface area contributed by atoms with Crippen LogP contribution < -0.4 is 5.43 Å². The lowest BCUT2D eigenvalue weighted by Gasteiger charge is -2.20. The number of ether oxygens (including phenoxy) is 1. The molecule has 1 amide bonds. The van der Waals surface area contributed by atoms with Crippen LogP contribution in [0.2, 0.25) is 0 Å². The largest absolute Gasteiger partial charge is 0.449 e. The zero-order chi connectivity index (χ0) is 18.8. The van der Waals surface area contributed by atoms with Gasteiger partial charge in [-0.2, -0.15) is 0 Å². The number of carbonyl (C=O) groups is 2. The van der Waals surface area contributed by atoms with Crippen molar-refractivity contribution >= 4 is 22.9 Å². The van der Waals surface area contributed by atoms with Gasteiger partial charge in [-0.25, -0.2) is 9.78 Å². The fourth-order valence-electron chi connectivity index (χ4n) is 3.22. The van der Waals surface area contributed by atoms with Gasteiger partial charge in [0.25, 0.3) is 5.91 Å². The first-order chi connectivity index (χ1) is 12.4. The van der Waals surface area contributed by atoms with E-state index in [2.05, 4.69) is 4.98 Å². The van der Waals surface area contributed by atoms with Gasteiger partial charge in [0.15, 0.2) is 6.10 Å². The van der Waals surface area contributed by atoms with Gasteiger partial charge in [0.05, 0.1) is 5.39 Å². The van der Waals surface area contributed by atoms with Crippen molar-refractivity contribution in [3.63, 3.8) is 0 Å². The third-order valence-electron chi connectivity index (χ3n) is 4.67. The monoisotopic (exact) mass is 357 g/mol. The average Bonchev–Trinajstić information content (AvgIpc) is 3.15. The summed E-state index contributed by atoms with van der Waals surface area (Å²) in [6.07, 6.45) is 2.48. The molecule has 2 aromatic heterocycles. The number of nitrogens with zero attached hydrogens (tertiary/aromatic N) is 3. The fraction of sp³-hybridized carbons (Fsp3) is 0.474. The number of likely N-dealkylation sites (tertiary alicyclic amines) is 1. The van der Waals surface area contributed by atoms with E-state index in [0.29, 0.717) is 30.7 Å². The molecule has 0 N–H and O–H groups in total. The Hall–Kier alpha value is -2.70. The summed E-state index contributed by atoms with van der Waals surface area (Å²) in [7, 11) is 0. The van der Waals surface area contributed by atoms with Crippen molar-refractivity contribution in [3.8, 4) is 0 Å². The van der Waals surface area contributed by atoms with Gasteiger partial charge in [0.2, 0.25) is 5.43 Å². The lowest BCUT2D eigenvalue weighted by Crippen LogP contribution is -2.38. The third kappa shape index (κ3) is 3.34. The number of aromatic nitrogens is 2. The molecule has 0 saturated carbocycles. The predicted octanol–water partition coefficient (Wildman–Crippen LogP) is 1.89. The number of aryl methyl sites for hydroxylation is 2. The molecule has 0 radical (unpaired) electrons. The topological polar surface area (TPSA) is 81.5 Å². The molecule has 0 spiro atoms. The van der Waals surface area contributed by atoms with Crippen molar-refractivity contribution in [2.45, 2.75) is 46.3 Å². The zero-order valence-electron chi connectivity index (χ0n) is 15.3. The highest BCUT2D eigenvalue weighted by molar-refractivity contribution is 5.95. The van der Waals surface area contributed by atoms with Crippen LogP contribution in [-0.4, -0.2) is 45.5 Å². The van der Waals surface area contributed by atoms with Crippen LogP contribution >= 0.6 is 0 Å². The summed E-state index contributed by atoms with van der Waals surface area (Å²) in [4.78, 5) is 43.7. The van der Waals surface area contributed by atoms with Crippen LogP contribution in [0.4, 0.5) is 0 Å². The number of fused-ring (bicyclic) bond motifs is 1. The minimum absolute atomic E-state index is 0.0777. The van der Waals surface area contributed by atoms with Crippen molar-refractivity contribution in [1.82, 2.24) is 14.5 Å². The highest BCUT2D eigenvalue weighted by atomic mass is 16.5. The van der Waals surface area contributed by atoms with Gasteiger partial charge in [-0.1, -0.05) is 0 Å². The summed E-state index contributed by atoms with van der Waals surface area (Å²) < 4.78 is 7.04. The van der Waals surface area contributed by atoms with Gasteiger partial charge in [-0.3, -0.25) is 9.59 Å². The van der Waals surface area contributed by atoms with E-state index in [1.807, 2.05) is 13.8 Å². The van der Waals surface area contributed by atoms with E-state index in [1.165, 1.54) is 6.20 Å². The second kappa shape index (κ2) is 7.27. The fourth-order valence-corrected chi connectivity index (χ4v) is 3.22. The number of rotatable bonds is 4. The Balaban J connectivity index is 1.90. The van der Waals surface area contributed by atoms with E-state index in [1.54, 1.807) is 28.5 Å². The second-order valence-electron chi connectivity index (χ2n) is 6.56. The molecule has 0 aliphatic carbocycles. The molecule has 2 aromatic rings. The predicted molar refractivity (Wildman–Crippen MR) is 97.1 cm³/mol. The summed E-state index contributed by atoms with van der Waals surface area (Å²) in [5.41, 5.74) is 0.823. The van der Waals surface area contributed by atoms with Gasteiger partial charge in [-0.15, -0.1) is 0 Å². The van der Waals surface area contributed by atoms with E-state index < -0.39 is 17.5 Å². The van der Waals surface area contributed by atoms with Crippen LogP contribution in [0.1, 0.15) is 42.7 Å². The molecule has 3 heterocycles. The molecule has 1 aliphatic rings. The Labute approximate surface area is 151 Å². The lowest BCUT2D eigenvalue weighted by molar-refractivity contribution is -0.138. The Bertz CT molecular complexity index is 913. The van der Waals surface area contributed by atoms with E-state index in [0.717, 1.165) is 18.5 Å². The molecule has 0 aromatic carbocycles. The van der Waals surface area contributed by atoms with Crippen LogP contribution in [0, 0.1) is 6.92 Å². The molecular formula is C19H23N3O4. The first-order valence-corrected chi connectivity index (χ1v) is 8.93. The van der Waals surface area contributed by atoms with Gasteiger partial charge in [0.1, 0.15) is 11.2 Å². The number of amides is 1. The van der Waals surface area contributed by atoms with Gasteiger partial charge in [0, 0.05) is 31.5 Å². The third-order valence-corrected chi connectivity index (χ3v) is 4.67. The Morgan fingerprint density at radius 1 is 1.27 bits per heavy atom. The second-order valence-corrected chi connectivity index (χ2v) is 6.56. The van der Waals surface area contributed by atoms with Crippen molar-refractivity contribution in [2.75, 3.05) is 13.1 Å². The van der Waals surface area contributed by atoms with Gasteiger partial charge < -0.3 is 14.2 Å². The van der Waals surface area contributed by atoms with Crippen molar-refractivity contribution in [3.05, 3.63) is 39.8 Å². The summed E-state index contributed by atoms with van der Waals surface area (Å²) in [6, 6.07) is 3.40. The molecule has 1 saturated heterocycles. The van der Waals surface area contributed by atoms with E-state index >= 15 is 0 Å². The molecule has 138 valence electrons. The molecule has 7 nitrogen and oxygen atoms in total. The van der Waals surface area contributed by atoms with Crippen LogP contribution in [0.3, 0.4) is 0 Å². The quantitative estimate of drug-likeness (QED) is 0.781. The number of hydrogen-bond acceptors (Lipinski definition) is 5. The van der Waals surface area contributed by atoms with E-state index in [-0.39, 0.29) is 11.5 Å². The first kappa shape index (κ1) is 18.1. The highest BCUT2D eigenvalue weighted by Gasteiger charge is 2.27. The van der Waals surface area contributed by atoms with Crippen LogP contribution in [0.25, 0.3) is 11.0 Å². The minimum atomic E-state index is -0.915. The number of hydrogen-bond donors (Lipinski definition) is 0. The van der Waals surface area contributed by atoms with Crippen molar-refractivity contribution in [1.29, 1.82) is 0 Å². The maximum Gasteiger partial charge on any atom is 0.344 e. The van der Waals surface area contributed by atoms with Crippen LogP contribution in [-0.2, 0) is 16.1 Å². The molecule has 0 unspecified atom stereocenters. The molecule has 7 heteroatoms. The van der Waals surface area contributed by atoms with E-state index in [4.69, 9.17) is 4.74 Å². The van der Waals surface area contributed by atoms with E-state index in [9.17, 15) is 14.4 Å². The molecular weight excluding hydrogens is 334 g/mol. The van der Waals surface area contributed by atoms with Crippen molar-refractivity contribution in [2.24, 2.45) is 0 Å². The Morgan fingerprint density at radius 3 is 2.62 bits per heavy atom. The first-order valence-electron chi connectivity index (χ1n) is 8.93. The van der Waals surface area contributed by atoms with Gasteiger partial charge in [-0.05, 0) is 45.7 Å². The molecule has 1 aliphatic heterocycles. The SMILES string of the molecule is CCn1cc(C(=O)O[C@@H](C)C(=O)N2CCCC2)c(=O)c2ccc(C)nc21.